The first-order valence-electron chi connectivity index (χ1n) is 4.46. The zero-order chi connectivity index (χ0) is 11.1. The largest absolute Gasteiger partial charge is 0.391 e. The van der Waals surface area contributed by atoms with Gasteiger partial charge in [0.15, 0.2) is 0 Å². The highest BCUT2D eigenvalue weighted by molar-refractivity contribution is 4.58. The molecule has 4 heteroatoms. The van der Waals surface area contributed by atoms with Gasteiger partial charge >= 0.3 is 6.18 Å². The number of alkyl halides is 4. The zero-order valence-electron chi connectivity index (χ0n) is 8.58. The molecule has 2 atom stereocenters. The van der Waals surface area contributed by atoms with Crippen LogP contribution in [-0.2, 0) is 0 Å². The van der Waals surface area contributed by atoms with Crippen LogP contribution >= 0.6 is 0 Å². The Balaban J connectivity index is 0. The predicted octanol–water partition coefficient (Wildman–Crippen LogP) is 4.35. The van der Waals surface area contributed by atoms with Gasteiger partial charge in [-0.2, -0.15) is 13.2 Å². The Bertz CT molecular complexity index is 107. The molecule has 0 nitrogen and oxygen atoms in total. The van der Waals surface area contributed by atoms with Gasteiger partial charge in [-0.3, -0.25) is 0 Å². The van der Waals surface area contributed by atoms with E-state index < -0.39 is 18.3 Å². The standard InChI is InChI=1S/C5H9F3.C4H9F/c1-3-4(2)5(6,7)8;1-3-4(2)5/h4H,3H2,1-2H3;4H,3H2,1-2H3. The van der Waals surface area contributed by atoms with Crippen molar-refractivity contribution in [3.8, 4) is 0 Å². The molecule has 0 aromatic carbocycles. The molecule has 0 aromatic rings. The van der Waals surface area contributed by atoms with Crippen molar-refractivity contribution in [2.24, 2.45) is 5.92 Å². The van der Waals surface area contributed by atoms with Gasteiger partial charge < -0.3 is 0 Å². The van der Waals surface area contributed by atoms with Crippen LogP contribution in [0.1, 0.15) is 40.5 Å². The second-order valence-corrected chi connectivity index (χ2v) is 3.04. The van der Waals surface area contributed by atoms with Gasteiger partial charge in [-0.15, -0.1) is 0 Å². The van der Waals surface area contributed by atoms with Gasteiger partial charge in [0.05, 0.1) is 12.1 Å². The van der Waals surface area contributed by atoms with Crippen LogP contribution in [-0.4, -0.2) is 12.3 Å². The summed E-state index contributed by atoms with van der Waals surface area (Å²) in [7, 11) is 0. The Hall–Kier alpha value is -0.280. The molecule has 0 aliphatic carbocycles. The molecule has 0 saturated carbocycles. The Morgan fingerprint density at radius 3 is 1.31 bits per heavy atom. The minimum absolute atomic E-state index is 0.170. The fourth-order valence-corrected chi connectivity index (χ4v) is 0.231. The molecule has 0 radical (unpaired) electrons. The number of hydrogen-bond acceptors (Lipinski definition) is 0. The molecule has 2 unspecified atom stereocenters. The third-order valence-corrected chi connectivity index (χ3v) is 1.73. The Labute approximate surface area is 77.3 Å². The van der Waals surface area contributed by atoms with Gasteiger partial charge in [-0.25, -0.2) is 4.39 Å². The van der Waals surface area contributed by atoms with Crippen molar-refractivity contribution in [2.45, 2.75) is 52.9 Å². The van der Waals surface area contributed by atoms with Crippen LogP contribution in [0.4, 0.5) is 17.6 Å². The van der Waals surface area contributed by atoms with E-state index in [2.05, 4.69) is 0 Å². The van der Waals surface area contributed by atoms with Gasteiger partial charge in [-0.1, -0.05) is 20.8 Å². The average Bonchev–Trinajstić information content (AvgIpc) is 2.02. The van der Waals surface area contributed by atoms with Crippen LogP contribution in [0.5, 0.6) is 0 Å². The van der Waals surface area contributed by atoms with Crippen LogP contribution in [0.2, 0.25) is 0 Å². The van der Waals surface area contributed by atoms with E-state index in [-0.39, 0.29) is 6.42 Å². The summed E-state index contributed by atoms with van der Waals surface area (Å²) in [5.41, 5.74) is 0. The molecule has 0 N–H and O–H groups in total. The minimum Gasteiger partial charge on any atom is -0.248 e. The molecule has 0 saturated heterocycles. The van der Waals surface area contributed by atoms with Gasteiger partial charge in [0.2, 0.25) is 0 Å². The summed E-state index contributed by atoms with van der Waals surface area (Å²) in [6, 6.07) is 0. The maximum Gasteiger partial charge on any atom is 0.391 e. The van der Waals surface area contributed by atoms with Crippen LogP contribution in [0.25, 0.3) is 0 Å². The maximum atomic E-state index is 11.4. The van der Waals surface area contributed by atoms with Crippen molar-refractivity contribution in [3.63, 3.8) is 0 Å². The highest BCUT2D eigenvalue weighted by atomic mass is 19.4. The van der Waals surface area contributed by atoms with Crippen LogP contribution in [0.3, 0.4) is 0 Å². The lowest BCUT2D eigenvalue weighted by atomic mass is 10.1. The van der Waals surface area contributed by atoms with Gasteiger partial charge in [0, 0.05) is 0 Å². The summed E-state index contributed by atoms with van der Waals surface area (Å²) < 4.78 is 45.8. The first-order valence-corrected chi connectivity index (χ1v) is 4.46. The molecule has 0 spiro atoms. The smallest absolute Gasteiger partial charge is 0.248 e. The minimum atomic E-state index is -3.99. The fourth-order valence-electron chi connectivity index (χ4n) is 0.231. The Kier molecular flexibility index (Phi) is 8.37. The van der Waals surface area contributed by atoms with Crippen LogP contribution < -0.4 is 0 Å². The van der Waals surface area contributed by atoms with E-state index in [1.165, 1.54) is 13.8 Å². The topological polar surface area (TPSA) is 0 Å². The summed E-state index contributed by atoms with van der Waals surface area (Å²) in [6.07, 6.45) is -3.80. The lowest BCUT2D eigenvalue weighted by Crippen LogP contribution is -2.18. The molecule has 0 bridgehead atoms. The van der Waals surface area contributed by atoms with Crippen molar-refractivity contribution in [1.29, 1.82) is 0 Å². The maximum absolute atomic E-state index is 11.4. The zero-order valence-corrected chi connectivity index (χ0v) is 8.58. The number of hydrogen-bond donors (Lipinski definition) is 0. The summed E-state index contributed by atoms with van der Waals surface area (Å²) in [5.74, 6) is -1.15. The fraction of sp³-hybridized carbons (Fsp3) is 1.00. The van der Waals surface area contributed by atoms with Crippen molar-refractivity contribution in [3.05, 3.63) is 0 Å². The van der Waals surface area contributed by atoms with Crippen molar-refractivity contribution in [1.82, 2.24) is 0 Å². The van der Waals surface area contributed by atoms with Crippen molar-refractivity contribution in [2.75, 3.05) is 0 Å². The van der Waals surface area contributed by atoms with E-state index in [9.17, 15) is 17.6 Å². The van der Waals surface area contributed by atoms with Crippen molar-refractivity contribution >= 4 is 0 Å². The SMILES string of the molecule is CCC(C)C(F)(F)F.CCC(C)F. The second kappa shape index (κ2) is 7.15. The monoisotopic (exact) mass is 202 g/mol. The lowest BCUT2D eigenvalue weighted by molar-refractivity contribution is -0.170. The first kappa shape index (κ1) is 15.2. The van der Waals surface area contributed by atoms with Gasteiger partial charge in [-0.05, 0) is 19.8 Å². The Morgan fingerprint density at radius 2 is 1.31 bits per heavy atom. The third kappa shape index (κ3) is 11.7. The molecule has 0 amide bonds. The molecule has 0 aliphatic rings. The Morgan fingerprint density at radius 1 is 1.00 bits per heavy atom. The van der Waals surface area contributed by atoms with E-state index in [0.29, 0.717) is 6.42 Å². The van der Waals surface area contributed by atoms with E-state index in [4.69, 9.17) is 0 Å². The van der Waals surface area contributed by atoms with E-state index in [0.717, 1.165) is 0 Å². The first-order chi connectivity index (χ1) is 5.75. The normalized spacial score (nSPS) is 15.7. The lowest BCUT2D eigenvalue weighted by Gasteiger charge is -2.11. The summed E-state index contributed by atoms with van der Waals surface area (Å²) >= 11 is 0. The van der Waals surface area contributed by atoms with E-state index in [1.807, 2.05) is 6.92 Å². The summed E-state index contributed by atoms with van der Waals surface area (Å²) in [4.78, 5) is 0. The van der Waals surface area contributed by atoms with Gasteiger partial charge in [0.1, 0.15) is 0 Å². The van der Waals surface area contributed by atoms with Crippen molar-refractivity contribution < 1.29 is 17.6 Å². The molecule has 0 heterocycles. The summed E-state index contributed by atoms with van der Waals surface area (Å²) in [5, 5.41) is 0. The molecule has 0 aliphatic heterocycles. The molecule has 0 aromatic heterocycles. The average molecular weight is 202 g/mol. The number of halogens is 4. The van der Waals surface area contributed by atoms with E-state index >= 15 is 0 Å². The number of rotatable bonds is 2. The molecule has 0 fully saturated rings. The van der Waals surface area contributed by atoms with E-state index in [1.54, 1.807) is 6.92 Å². The molecule has 13 heavy (non-hydrogen) atoms. The highest BCUT2D eigenvalue weighted by Gasteiger charge is 2.33. The third-order valence-electron chi connectivity index (χ3n) is 1.73. The predicted molar refractivity (Wildman–Crippen MR) is 46.4 cm³/mol. The summed E-state index contributed by atoms with van der Waals surface area (Å²) in [6.45, 7) is 6.09. The van der Waals surface area contributed by atoms with Gasteiger partial charge in [0.25, 0.3) is 0 Å². The molecular weight excluding hydrogens is 184 g/mol. The molecule has 0 rings (SSSR count). The second-order valence-electron chi connectivity index (χ2n) is 3.04. The highest BCUT2D eigenvalue weighted by Crippen LogP contribution is 2.27. The molecule has 82 valence electrons. The quantitative estimate of drug-likeness (QED) is 0.584. The van der Waals surface area contributed by atoms with Crippen LogP contribution in [0, 0.1) is 5.92 Å². The molecular formula is C9H18F4. The van der Waals surface area contributed by atoms with Crippen LogP contribution in [0.15, 0.2) is 0 Å².